The number of hydrogen-bond donors (Lipinski definition) is 1. The molecule has 2 aromatic rings. The van der Waals surface area contributed by atoms with Gasteiger partial charge in [-0.3, -0.25) is 5.10 Å². The van der Waals surface area contributed by atoms with Gasteiger partial charge < -0.3 is 0 Å². The summed E-state index contributed by atoms with van der Waals surface area (Å²) in [7, 11) is -1.92. The Morgan fingerprint density at radius 1 is 1.20 bits per heavy atom. The smallest absolute Gasteiger partial charge is 0.246 e. The summed E-state index contributed by atoms with van der Waals surface area (Å²) in [6, 6.07) is 7.98. The van der Waals surface area contributed by atoms with Crippen molar-refractivity contribution in [2.75, 3.05) is 7.05 Å². The predicted molar refractivity (Wildman–Crippen MR) is 77.8 cm³/mol. The Labute approximate surface area is 119 Å². The van der Waals surface area contributed by atoms with Crippen LogP contribution in [-0.4, -0.2) is 30.0 Å². The van der Waals surface area contributed by atoms with Crippen molar-refractivity contribution in [3.63, 3.8) is 0 Å². The van der Waals surface area contributed by atoms with E-state index in [-0.39, 0.29) is 4.90 Å². The summed E-state index contributed by atoms with van der Waals surface area (Å²) >= 11 is 0. The van der Waals surface area contributed by atoms with Crippen LogP contribution in [0.5, 0.6) is 0 Å². The number of aromatic amines is 1. The number of sulfonamides is 1. The molecule has 0 saturated heterocycles. The Kier molecular flexibility index (Phi) is 4.25. The van der Waals surface area contributed by atoms with Gasteiger partial charge in [0.1, 0.15) is 4.90 Å². The third-order valence-electron chi connectivity index (χ3n) is 3.31. The summed E-state index contributed by atoms with van der Waals surface area (Å²) in [5, 5.41) is 6.42. The molecule has 0 unspecified atom stereocenters. The van der Waals surface area contributed by atoms with E-state index in [1.165, 1.54) is 16.1 Å². The van der Waals surface area contributed by atoms with Crippen molar-refractivity contribution in [3.05, 3.63) is 47.3 Å². The van der Waals surface area contributed by atoms with Gasteiger partial charge in [0.25, 0.3) is 0 Å². The van der Waals surface area contributed by atoms with Crippen LogP contribution in [-0.2, 0) is 23.0 Å². The van der Waals surface area contributed by atoms with Gasteiger partial charge in [-0.15, -0.1) is 0 Å². The van der Waals surface area contributed by atoms with Gasteiger partial charge in [0.15, 0.2) is 0 Å². The van der Waals surface area contributed by atoms with Crippen LogP contribution in [0.4, 0.5) is 0 Å². The molecule has 0 fully saturated rings. The van der Waals surface area contributed by atoms with E-state index in [1.54, 1.807) is 14.0 Å². The molecule has 0 spiro atoms. The molecule has 0 aliphatic rings. The number of hydrogen-bond acceptors (Lipinski definition) is 3. The van der Waals surface area contributed by atoms with E-state index in [1.807, 2.05) is 24.3 Å². The second kappa shape index (κ2) is 5.76. The number of benzene rings is 1. The van der Waals surface area contributed by atoms with Crippen LogP contribution in [0.2, 0.25) is 0 Å². The molecule has 6 heteroatoms. The zero-order valence-corrected chi connectivity index (χ0v) is 12.7. The Bertz CT molecular complexity index is 675. The third kappa shape index (κ3) is 2.91. The predicted octanol–water partition coefficient (Wildman–Crippen LogP) is 2.10. The number of aryl methyl sites for hydroxylation is 2. The van der Waals surface area contributed by atoms with Crippen LogP contribution >= 0.6 is 0 Å². The summed E-state index contributed by atoms with van der Waals surface area (Å²) in [5.41, 5.74) is 2.76. The van der Waals surface area contributed by atoms with Crippen molar-refractivity contribution in [2.24, 2.45) is 0 Å². The third-order valence-corrected chi connectivity index (χ3v) is 5.23. The Morgan fingerprint density at radius 3 is 2.30 bits per heavy atom. The zero-order chi connectivity index (χ0) is 14.8. The molecule has 1 N–H and O–H groups in total. The zero-order valence-electron chi connectivity index (χ0n) is 11.9. The number of H-pyrrole nitrogens is 1. The average Bonchev–Trinajstić information content (AvgIpc) is 2.86. The Balaban J connectivity index is 2.19. The summed E-state index contributed by atoms with van der Waals surface area (Å²) in [6.07, 6.45) is 2.32. The SMILES string of the molecule is CCc1ccc(CN(C)S(=O)(=O)c2cn[nH]c2C)cc1. The second-order valence-corrected chi connectivity index (χ2v) is 6.80. The molecule has 0 atom stereocenters. The molecule has 108 valence electrons. The quantitative estimate of drug-likeness (QED) is 0.918. The number of aromatic nitrogens is 2. The normalized spacial score (nSPS) is 12.0. The van der Waals surface area contributed by atoms with Crippen molar-refractivity contribution in [2.45, 2.75) is 31.7 Å². The Morgan fingerprint density at radius 2 is 1.80 bits per heavy atom. The van der Waals surface area contributed by atoms with Crippen molar-refractivity contribution in [3.8, 4) is 0 Å². The first-order chi connectivity index (χ1) is 9.45. The molecule has 2 rings (SSSR count). The largest absolute Gasteiger partial charge is 0.281 e. The lowest BCUT2D eigenvalue weighted by Gasteiger charge is -2.17. The fourth-order valence-corrected chi connectivity index (χ4v) is 3.26. The molecule has 0 saturated carbocycles. The molecule has 1 aromatic heterocycles. The molecule has 0 radical (unpaired) electrons. The maximum Gasteiger partial charge on any atom is 0.246 e. The highest BCUT2D eigenvalue weighted by molar-refractivity contribution is 7.89. The van der Waals surface area contributed by atoms with Crippen LogP contribution in [0.15, 0.2) is 35.4 Å². The van der Waals surface area contributed by atoms with Gasteiger partial charge >= 0.3 is 0 Å². The van der Waals surface area contributed by atoms with Crippen LogP contribution in [0.25, 0.3) is 0 Å². The molecule has 0 amide bonds. The molecule has 0 aliphatic carbocycles. The molecular formula is C14H19N3O2S. The first-order valence-electron chi connectivity index (χ1n) is 6.49. The monoisotopic (exact) mass is 293 g/mol. The molecule has 0 aliphatic heterocycles. The van der Waals surface area contributed by atoms with Gasteiger partial charge in [0.05, 0.1) is 11.9 Å². The van der Waals surface area contributed by atoms with Crippen LogP contribution < -0.4 is 0 Å². The Hall–Kier alpha value is -1.66. The van der Waals surface area contributed by atoms with E-state index in [0.717, 1.165) is 12.0 Å². The minimum absolute atomic E-state index is 0.227. The maximum absolute atomic E-state index is 12.4. The van der Waals surface area contributed by atoms with E-state index in [9.17, 15) is 8.42 Å². The standard InChI is InChI=1S/C14H19N3O2S/c1-4-12-5-7-13(8-6-12)10-17(3)20(18,19)14-9-15-16-11(14)2/h5-9H,4,10H2,1-3H3,(H,15,16). The van der Waals surface area contributed by atoms with Gasteiger partial charge in [-0.25, -0.2) is 8.42 Å². The summed E-state index contributed by atoms with van der Waals surface area (Å²) in [4.78, 5) is 0.227. The first-order valence-corrected chi connectivity index (χ1v) is 7.93. The van der Waals surface area contributed by atoms with Gasteiger partial charge in [0.2, 0.25) is 10.0 Å². The fourth-order valence-electron chi connectivity index (χ4n) is 1.99. The summed E-state index contributed by atoms with van der Waals surface area (Å²) < 4.78 is 26.2. The average molecular weight is 293 g/mol. The van der Waals surface area contributed by atoms with Crippen LogP contribution in [0.1, 0.15) is 23.7 Å². The van der Waals surface area contributed by atoms with Crippen molar-refractivity contribution < 1.29 is 8.42 Å². The lowest BCUT2D eigenvalue weighted by Crippen LogP contribution is -2.26. The highest BCUT2D eigenvalue weighted by Gasteiger charge is 2.24. The molecular weight excluding hydrogens is 274 g/mol. The van der Waals surface area contributed by atoms with Gasteiger partial charge in [-0.05, 0) is 24.5 Å². The second-order valence-electron chi connectivity index (χ2n) is 4.79. The van der Waals surface area contributed by atoms with Crippen LogP contribution in [0, 0.1) is 6.92 Å². The van der Waals surface area contributed by atoms with Crippen molar-refractivity contribution >= 4 is 10.0 Å². The first kappa shape index (κ1) is 14.7. The highest BCUT2D eigenvalue weighted by atomic mass is 32.2. The van der Waals surface area contributed by atoms with E-state index in [0.29, 0.717) is 12.2 Å². The minimum Gasteiger partial charge on any atom is -0.281 e. The van der Waals surface area contributed by atoms with E-state index >= 15 is 0 Å². The van der Waals surface area contributed by atoms with Crippen LogP contribution in [0.3, 0.4) is 0 Å². The van der Waals surface area contributed by atoms with Crippen molar-refractivity contribution in [1.82, 2.24) is 14.5 Å². The number of nitrogens with zero attached hydrogens (tertiary/aromatic N) is 2. The number of rotatable bonds is 5. The van der Waals surface area contributed by atoms with Gasteiger partial charge in [-0.1, -0.05) is 31.2 Å². The molecule has 1 heterocycles. The summed E-state index contributed by atoms with van der Waals surface area (Å²) in [5.74, 6) is 0. The lowest BCUT2D eigenvalue weighted by molar-refractivity contribution is 0.466. The van der Waals surface area contributed by atoms with E-state index < -0.39 is 10.0 Å². The summed E-state index contributed by atoms with van der Waals surface area (Å²) in [6.45, 7) is 4.13. The number of nitrogens with one attached hydrogen (secondary N) is 1. The van der Waals surface area contributed by atoms with Gasteiger partial charge in [-0.2, -0.15) is 9.40 Å². The maximum atomic E-state index is 12.4. The highest BCUT2D eigenvalue weighted by Crippen LogP contribution is 2.18. The topological polar surface area (TPSA) is 66.1 Å². The molecule has 5 nitrogen and oxygen atoms in total. The van der Waals surface area contributed by atoms with Gasteiger partial charge in [0, 0.05) is 13.6 Å². The van der Waals surface area contributed by atoms with E-state index in [2.05, 4.69) is 17.1 Å². The molecule has 0 bridgehead atoms. The fraction of sp³-hybridized carbons (Fsp3) is 0.357. The molecule has 20 heavy (non-hydrogen) atoms. The van der Waals surface area contributed by atoms with Crippen molar-refractivity contribution in [1.29, 1.82) is 0 Å². The minimum atomic E-state index is -3.50. The molecule has 1 aromatic carbocycles. The lowest BCUT2D eigenvalue weighted by atomic mass is 10.1. The van der Waals surface area contributed by atoms with E-state index in [4.69, 9.17) is 0 Å².